The molecule has 0 radical (unpaired) electrons. The van der Waals surface area contributed by atoms with Gasteiger partial charge in [0.1, 0.15) is 46.8 Å². The van der Waals surface area contributed by atoms with Crippen LogP contribution in [0.2, 0.25) is 0 Å². The number of anilines is 3. The molecule has 0 bridgehead atoms. The highest BCUT2D eigenvalue weighted by Gasteiger charge is 2.38. The lowest BCUT2D eigenvalue weighted by atomic mass is 10.2. The van der Waals surface area contributed by atoms with Gasteiger partial charge in [-0.15, -0.1) is 0 Å². The van der Waals surface area contributed by atoms with Crippen molar-refractivity contribution in [1.82, 2.24) is 0 Å². The molecular weight excluding hydrogens is 781 g/mol. The van der Waals surface area contributed by atoms with Gasteiger partial charge >= 0.3 is 5.69 Å². The summed E-state index contributed by atoms with van der Waals surface area (Å²) >= 11 is 0. The molecule has 2 aliphatic rings. The number of nitro benzene ring substituents is 1. The van der Waals surface area contributed by atoms with Crippen LogP contribution in [0.5, 0.6) is 11.5 Å². The average Bonchev–Trinajstić information content (AvgIpc) is 3.12. The molecule has 0 saturated carbocycles. The molecule has 6 rings (SSSR count). The molecule has 0 saturated heterocycles. The molecule has 0 spiro atoms. The van der Waals surface area contributed by atoms with Gasteiger partial charge in [0.05, 0.1) is 52.4 Å². The molecule has 298 valence electrons. The van der Waals surface area contributed by atoms with Crippen molar-refractivity contribution in [2.45, 2.75) is 28.9 Å². The molecule has 0 amide bonds. The number of ether oxygens (including phenoxy) is 4. The maximum absolute atomic E-state index is 14.0. The molecule has 0 fully saturated rings. The first-order valence-electron chi connectivity index (χ1n) is 16.0. The van der Waals surface area contributed by atoms with Crippen molar-refractivity contribution in [2.24, 2.45) is 0 Å². The largest absolute Gasteiger partial charge is 0.484 e. The summed E-state index contributed by atoms with van der Waals surface area (Å²) in [5.41, 5.74) is 4.43. The Morgan fingerprint density at radius 3 is 1.53 bits per heavy atom. The van der Waals surface area contributed by atoms with Gasteiger partial charge in [-0.1, -0.05) is 0 Å². The number of methoxy groups -OCH3 is 2. The normalized spacial score (nSPS) is 16.2. The first-order chi connectivity index (χ1) is 26.0. The van der Waals surface area contributed by atoms with Crippen LogP contribution in [0.1, 0.15) is 6.92 Å². The van der Waals surface area contributed by atoms with Gasteiger partial charge in [0, 0.05) is 39.0 Å². The van der Waals surface area contributed by atoms with Crippen LogP contribution in [0.3, 0.4) is 0 Å². The van der Waals surface area contributed by atoms with E-state index >= 15 is 0 Å². The first kappa shape index (κ1) is 42.5. The number of nitrogens with zero attached hydrogens (tertiary/aromatic N) is 3. The van der Waals surface area contributed by atoms with E-state index in [1.165, 1.54) is 20.3 Å². The highest BCUT2D eigenvalue weighted by molar-refractivity contribution is 7.93. The van der Waals surface area contributed by atoms with Gasteiger partial charge in [-0.3, -0.25) is 18.7 Å². The number of nitrogen functional groups attached to an aromatic ring is 1. The monoisotopic (exact) mass is 816 g/mol. The molecule has 0 aromatic heterocycles. The molecule has 4 aromatic carbocycles. The maximum Gasteiger partial charge on any atom is 0.307 e. The van der Waals surface area contributed by atoms with E-state index in [0.717, 1.165) is 75.3 Å². The second-order valence-corrected chi connectivity index (χ2v) is 15.3. The van der Waals surface area contributed by atoms with Gasteiger partial charge in [-0.25, -0.2) is 30.0 Å². The number of aliphatic hydroxyl groups excluding tert-OH is 1. The standard InChI is InChI=1S/C16H14F2N2O6S.C16H16F2N2O4S.C2H6O/c1-25-9-11-8-19(27(23,24)12-4-2-10(17)3-5-12)15-7-14(20(21)22)13(18)6-16(15)26-11;1-23-9-11-8-20(15-7-14(19)13(18)6-16(15)24-11)25(21,22)12-4-2-10(17)3-5-12;1-2-3/h2-7,11H,8-9H2,1H3;2-7,11H,8-9,19H2,1H3;3H,2H2,1H3. The van der Waals surface area contributed by atoms with Gasteiger partial charge in [-0.05, 0) is 61.5 Å². The van der Waals surface area contributed by atoms with Crippen LogP contribution in [0.15, 0.2) is 82.6 Å². The zero-order chi connectivity index (χ0) is 40.7. The van der Waals surface area contributed by atoms with Crippen LogP contribution in [-0.2, 0) is 29.5 Å². The van der Waals surface area contributed by atoms with Gasteiger partial charge in [0.2, 0.25) is 5.82 Å². The van der Waals surface area contributed by atoms with Crippen LogP contribution >= 0.6 is 0 Å². The Hall–Kier alpha value is -5.22. The minimum absolute atomic E-state index is 0.00743. The van der Waals surface area contributed by atoms with Crippen LogP contribution in [0, 0.1) is 33.4 Å². The van der Waals surface area contributed by atoms with E-state index in [1.807, 2.05) is 0 Å². The lowest BCUT2D eigenvalue weighted by molar-refractivity contribution is -0.387. The molecule has 21 heteroatoms. The summed E-state index contributed by atoms with van der Waals surface area (Å²) in [5, 5.41) is 18.6. The molecule has 0 aliphatic carbocycles. The number of benzene rings is 4. The molecule has 2 unspecified atom stereocenters. The third kappa shape index (κ3) is 9.72. The number of hydrogen-bond acceptors (Lipinski definition) is 12. The fraction of sp³-hybridized carbons (Fsp3) is 0.294. The number of sulfonamides is 2. The predicted octanol–water partition coefficient (Wildman–Crippen LogP) is 4.62. The van der Waals surface area contributed by atoms with Crippen LogP contribution in [-0.4, -0.2) is 86.2 Å². The Bertz CT molecular complexity index is 2200. The molecular formula is C34H36F4N4O11S2. The van der Waals surface area contributed by atoms with Crippen molar-refractivity contribution in [2.75, 3.05) is 61.5 Å². The Labute approximate surface area is 313 Å². The summed E-state index contributed by atoms with van der Waals surface area (Å²) in [7, 11) is -5.40. The van der Waals surface area contributed by atoms with Gasteiger partial charge in [-0.2, -0.15) is 4.39 Å². The summed E-state index contributed by atoms with van der Waals surface area (Å²) < 4.78 is 129. The lowest BCUT2D eigenvalue weighted by Crippen LogP contribution is -2.45. The summed E-state index contributed by atoms with van der Waals surface area (Å²) in [4.78, 5) is 9.76. The van der Waals surface area contributed by atoms with Crippen LogP contribution < -0.4 is 23.8 Å². The fourth-order valence-electron chi connectivity index (χ4n) is 5.28. The zero-order valence-electron chi connectivity index (χ0n) is 29.4. The van der Waals surface area contributed by atoms with E-state index in [0.29, 0.717) is 0 Å². The quantitative estimate of drug-likeness (QED) is 0.103. The molecule has 15 nitrogen and oxygen atoms in total. The minimum Gasteiger partial charge on any atom is -0.484 e. The topological polar surface area (TPSA) is 201 Å². The van der Waals surface area contributed by atoms with Crippen LogP contribution in [0.25, 0.3) is 0 Å². The third-order valence-electron chi connectivity index (χ3n) is 7.68. The van der Waals surface area contributed by atoms with Crippen molar-refractivity contribution < 1.29 is 63.4 Å². The Morgan fingerprint density at radius 1 is 0.764 bits per heavy atom. The van der Waals surface area contributed by atoms with Crippen molar-refractivity contribution in [3.05, 3.63) is 106 Å². The molecule has 55 heavy (non-hydrogen) atoms. The van der Waals surface area contributed by atoms with Crippen molar-refractivity contribution in [3.8, 4) is 11.5 Å². The zero-order valence-corrected chi connectivity index (χ0v) is 31.0. The minimum atomic E-state index is -4.21. The van der Waals surface area contributed by atoms with Crippen molar-refractivity contribution >= 4 is 42.8 Å². The Morgan fingerprint density at radius 2 is 1.15 bits per heavy atom. The number of fused-ring (bicyclic) bond motifs is 2. The van der Waals surface area contributed by atoms with E-state index in [2.05, 4.69) is 0 Å². The predicted molar refractivity (Wildman–Crippen MR) is 191 cm³/mol. The molecule has 2 aliphatic heterocycles. The van der Waals surface area contributed by atoms with Gasteiger partial charge < -0.3 is 29.8 Å². The molecule has 3 N–H and O–H groups in total. The lowest BCUT2D eigenvalue weighted by Gasteiger charge is -2.35. The Kier molecular flexibility index (Phi) is 13.9. The molecule has 4 aromatic rings. The SMILES string of the molecule is CCO.COCC1CN(S(=O)(=O)c2ccc(F)cc2)c2cc(N)c(F)cc2O1.COCC1CN(S(=O)(=O)c2ccc(F)cc2)c2cc([N+](=O)[O-])c(F)cc2O1. The number of rotatable bonds is 9. The molecule has 2 heterocycles. The van der Waals surface area contributed by atoms with E-state index in [4.69, 9.17) is 29.8 Å². The molecule has 2 atom stereocenters. The van der Waals surface area contributed by atoms with E-state index in [-0.39, 0.29) is 71.3 Å². The number of nitro groups is 1. The highest BCUT2D eigenvalue weighted by atomic mass is 32.2. The number of nitrogens with two attached hydrogens (primary N) is 1. The summed E-state index contributed by atoms with van der Waals surface area (Å²) in [6.07, 6.45) is -1.39. The van der Waals surface area contributed by atoms with E-state index < -0.39 is 66.1 Å². The highest BCUT2D eigenvalue weighted by Crippen LogP contribution is 2.42. The Balaban J connectivity index is 0.000000229. The second kappa shape index (κ2) is 17.9. The van der Waals surface area contributed by atoms with Gasteiger partial charge in [0.25, 0.3) is 20.0 Å². The summed E-state index contributed by atoms with van der Waals surface area (Å²) in [5.74, 6) is -3.16. The summed E-state index contributed by atoms with van der Waals surface area (Å²) in [6.45, 7) is 1.78. The summed E-state index contributed by atoms with van der Waals surface area (Å²) in [6, 6.07) is 12.4. The first-order valence-corrected chi connectivity index (χ1v) is 18.9. The van der Waals surface area contributed by atoms with E-state index in [1.54, 1.807) is 6.92 Å². The number of hydrogen-bond donors (Lipinski definition) is 2. The average molecular weight is 817 g/mol. The second-order valence-electron chi connectivity index (χ2n) is 11.6. The third-order valence-corrected chi connectivity index (χ3v) is 11.3. The van der Waals surface area contributed by atoms with E-state index in [9.17, 15) is 44.5 Å². The number of aliphatic hydroxyl groups is 1. The number of halogens is 4. The van der Waals surface area contributed by atoms with Crippen LogP contribution in [0.4, 0.5) is 40.3 Å². The fourth-order valence-corrected chi connectivity index (χ4v) is 8.28. The van der Waals surface area contributed by atoms with Crippen molar-refractivity contribution in [1.29, 1.82) is 0 Å². The smallest absolute Gasteiger partial charge is 0.307 e. The van der Waals surface area contributed by atoms with Gasteiger partial charge in [0.15, 0.2) is 0 Å². The maximum atomic E-state index is 14.0. The van der Waals surface area contributed by atoms with Crippen molar-refractivity contribution in [3.63, 3.8) is 0 Å².